The molecule has 1 aliphatic heterocycles. The molecule has 3 nitrogen and oxygen atoms in total. The van der Waals surface area contributed by atoms with Crippen molar-refractivity contribution in [1.29, 1.82) is 0 Å². The molecule has 0 unspecified atom stereocenters. The van der Waals surface area contributed by atoms with E-state index in [4.69, 9.17) is 4.74 Å². The Morgan fingerprint density at radius 3 is 2.63 bits per heavy atom. The second kappa shape index (κ2) is 4.43. The number of carbonyl (C=O) groups is 1. The zero-order valence-electron chi connectivity index (χ0n) is 11.0. The summed E-state index contributed by atoms with van der Waals surface area (Å²) >= 11 is 0. The van der Waals surface area contributed by atoms with E-state index in [2.05, 4.69) is 0 Å². The van der Waals surface area contributed by atoms with Crippen LogP contribution < -0.4 is 9.64 Å². The summed E-state index contributed by atoms with van der Waals surface area (Å²) in [6, 6.07) is 13.3. The van der Waals surface area contributed by atoms with Gasteiger partial charge in [-0.15, -0.1) is 0 Å². The number of carbonyl (C=O) groups excluding carboxylic acids is 1. The first-order valence-corrected chi connectivity index (χ1v) is 6.23. The lowest BCUT2D eigenvalue weighted by atomic mass is 9.99. The molecule has 0 saturated carbocycles. The van der Waals surface area contributed by atoms with Crippen LogP contribution in [0.5, 0.6) is 5.75 Å². The number of ether oxygens (including phenoxy) is 1. The van der Waals surface area contributed by atoms with Gasteiger partial charge in [0.2, 0.25) is 0 Å². The van der Waals surface area contributed by atoms with E-state index in [0.717, 1.165) is 16.8 Å². The van der Waals surface area contributed by atoms with Crippen molar-refractivity contribution in [2.75, 3.05) is 19.0 Å². The summed E-state index contributed by atoms with van der Waals surface area (Å²) in [6.07, 6.45) is 0. The highest BCUT2D eigenvalue weighted by Crippen LogP contribution is 2.31. The molecule has 0 amide bonds. The summed E-state index contributed by atoms with van der Waals surface area (Å²) < 4.78 is 5.74. The Balaban J connectivity index is 2.16. The Kier molecular flexibility index (Phi) is 2.75. The molecule has 2 aromatic rings. The summed E-state index contributed by atoms with van der Waals surface area (Å²) in [6.45, 7) is 0.441. The zero-order chi connectivity index (χ0) is 13.4. The number of hydrogen-bond acceptors (Lipinski definition) is 3. The topological polar surface area (TPSA) is 29.5 Å². The molecule has 0 aromatic heterocycles. The molecule has 1 heterocycles. The van der Waals surface area contributed by atoms with Crippen LogP contribution in [0.25, 0.3) is 0 Å². The van der Waals surface area contributed by atoms with E-state index < -0.39 is 0 Å². The molecular weight excluding hydrogens is 238 g/mol. The smallest absolute Gasteiger partial charge is 0.197 e. The maximum atomic E-state index is 12.6. The summed E-state index contributed by atoms with van der Waals surface area (Å²) in [5.41, 5.74) is 3.30. The van der Waals surface area contributed by atoms with Gasteiger partial charge in [-0.1, -0.05) is 24.3 Å². The molecule has 0 spiro atoms. The molecule has 19 heavy (non-hydrogen) atoms. The van der Waals surface area contributed by atoms with Crippen molar-refractivity contribution in [1.82, 2.24) is 0 Å². The van der Waals surface area contributed by atoms with Crippen molar-refractivity contribution in [3.05, 3.63) is 59.2 Å². The third kappa shape index (κ3) is 1.97. The molecular formula is C16H15NO2. The molecule has 0 fully saturated rings. The molecule has 0 radical (unpaired) electrons. The van der Waals surface area contributed by atoms with E-state index >= 15 is 0 Å². The van der Waals surface area contributed by atoms with Crippen LogP contribution >= 0.6 is 0 Å². The Labute approximate surface area is 112 Å². The number of hydrogen-bond donors (Lipinski definition) is 0. The highest BCUT2D eigenvalue weighted by atomic mass is 16.5. The Morgan fingerprint density at radius 1 is 1.05 bits per heavy atom. The van der Waals surface area contributed by atoms with Gasteiger partial charge >= 0.3 is 0 Å². The molecule has 0 N–H and O–H groups in total. The summed E-state index contributed by atoms with van der Waals surface area (Å²) in [5.74, 6) is 0.693. The van der Waals surface area contributed by atoms with Gasteiger partial charge in [-0.3, -0.25) is 4.79 Å². The molecule has 1 aliphatic rings. The average molecular weight is 253 g/mol. The van der Waals surface area contributed by atoms with E-state index in [-0.39, 0.29) is 5.78 Å². The van der Waals surface area contributed by atoms with Crippen LogP contribution in [0.3, 0.4) is 0 Å². The first-order chi connectivity index (χ1) is 9.16. The highest BCUT2D eigenvalue weighted by molar-refractivity contribution is 6.12. The lowest BCUT2D eigenvalue weighted by Crippen LogP contribution is -2.10. The highest BCUT2D eigenvalue weighted by Gasteiger charge is 2.22. The van der Waals surface area contributed by atoms with E-state index in [1.165, 1.54) is 0 Å². The van der Waals surface area contributed by atoms with Crippen molar-refractivity contribution in [2.24, 2.45) is 0 Å². The van der Waals surface area contributed by atoms with Crippen molar-refractivity contribution >= 4 is 11.5 Å². The maximum Gasteiger partial charge on any atom is 0.197 e. The summed E-state index contributed by atoms with van der Waals surface area (Å²) in [7, 11) is 3.91. The van der Waals surface area contributed by atoms with E-state index in [0.29, 0.717) is 17.9 Å². The van der Waals surface area contributed by atoms with Gasteiger partial charge in [0, 0.05) is 30.9 Å². The first-order valence-electron chi connectivity index (χ1n) is 6.23. The fraction of sp³-hybridized carbons (Fsp3) is 0.188. The third-order valence-electron chi connectivity index (χ3n) is 3.37. The molecule has 96 valence electrons. The second-order valence-electron chi connectivity index (χ2n) is 4.85. The number of fused-ring (bicyclic) bond motifs is 2. The van der Waals surface area contributed by atoms with Gasteiger partial charge in [-0.25, -0.2) is 0 Å². The van der Waals surface area contributed by atoms with Gasteiger partial charge in [0.1, 0.15) is 12.4 Å². The van der Waals surface area contributed by atoms with Crippen LogP contribution in [0, 0.1) is 0 Å². The largest absolute Gasteiger partial charge is 0.488 e. The zero-order valence-corrected chi connectivity index (χ0v) is 11.0. The molecule has 0 atom stereocenters. The van der Waals surface area contributed by atoms with Crippen LogP contribution in [-0.4, -0.2) is 19.9 Å². The second-order valence-corrected chi connectivity index (χ2v) is 4.85. The SMILES string of the molecule is CN(C)c1ccc2c(c1)C(=O)c1ccccc1CO2. The van der Waals surface area contributed by atoms with Crippen molar-refractivity contribution in [3.63, 3.8) is 0 Å². The Bertz CT molecular complexity index is 647. The van der Waals surface area contributed by atoms with Gasteiger partial charge in [0.25, 0.3) is 0 Å². The van der Waals surface area contributed by atoms with Crippen molar-refractivity contribution < 1.29 is 9.53 Å². The quantitative estimate of drug-likeness (QED) is 0.782. The van der Waals surface area contributed by atoms with Gasteiger partial charge in [-0.05, 0) is 18.2 Å². The Hall–Kier alpha value is -2.29. The predicted octanol–water partition coefficient (Wildman–Crippen LogP) is 2.88. The monoisotopic (exact) mass is 253 g/mol. The van der Waals surface area contributed by atoms with Crippen LogP contribution in [0.4, 0.5) is 5.69 Å². The lowest BCUT2D eigenvalue weighted by molar-refractivity contribution is 0.103. The van der Waals surface area contributed by atoms with E-state index in [9.17, 15) is 4.79 Å². The first kappa shape index (κ1) is 11.8. The minimum absolute atomic E-state index is 0.0341. The van der Waals surface area contributed by atoms with Crippen LogP contribution in [0.1, 0.15) is 21.5 Å². The van der Waals surface area contributed by atoms with Gasteiger partial charge in [0.15, 0.2) is 5.78 Å². The Morgan fingerprint density at radius 2 is 1.84 bits per heavy atom. The minimum atomic E-state index is 0.0341. The van der Waals surface area contributed by atoms with Gasteiger partial charge in [0.05, 0.1) is 5.56 Å². The van der Waals surface area contributed by atoms with Crippen LogP contribution in [-0.2, 0) is 6.61 Å². The normalized spacial score (nSPS) is 13.1. The molecule has 0 saturated heterocycles. The van der Waals surface area contributed by atoms with E-state index in [1.54, 1.807) is 0 Å². The number of rotatable bonds is 1. The summed E-state index contributed by atoms with van der Waals surface area (Å²) in [5, 5.41) is 0. The lowest BCUT2D eigenvalue weighted by Gasteiger charge is -2.14. The van der Waals surface area contributed by atoms with Crippen molar-refractivity contribution in [2.45, 2.75) is 6.61 Å². The van der Waals surface area contributed by atoms with Gasteiger partial charge in [-0.2, -0.15) is 0 Å². The number of benzene rings is 2. The number of nitrogens with zero attached hydrogens (tertiary/aromatic N) is 1. The fourth-order valence-electron chi connectivity index (χ4n) is 2.27. The molecule has 2 aromatic carbocycles. The molecule has 0 aliphatic carbocycles. The van der Waals surface area contributed by atoms with Crippen LogP contribution in [0.2, 0.25) is 0 Å². The summed E-state index contributed by atoms with van der Waals surface area (Å²) in [4.78, 5) is 14.6. The third-order valence-corrected chi connectivity index (χ3v) is 3.37. The predicted molar refractivity (Wildman–Crippen MR) is 75.0 cm³/mol. The minimum Gasteiger partial charge on any atom is -0.488 e. The van der Waals surface area contributed by atoms with Crippen LogP contribution in [0.15, 0.2) is 42.5 Å². The molecule has 3 heteroatoms. The molecule has 0 bridgehead atoms. The van der Waals surface area contributed by atoms with Gasteiger partial charge < -0.3 is 9.64 Å². The standard InChI is InChI=1S/C16H15NO2/c1-17(2)12-7-8-15-14(9-12)16(18)13-6-4-3-5-11(13)10-19-15/h3-9H,10H2,1-2H3. The number of anilines is 1. The van der Waals surface area contributed by atoms with E-state index in [1.807, 2.05) is 61.5 Å². The maximum absolute atomic E-state index is 12.6. The average Bonchev–Trinajstić information content (AvgIpc) is 2.57. The fourth-order valence-corrected chi connectivity index (χ4v) is 2.27. The number of ketones is 1. The molecule has 3 rings (SSSR count). The van der Waals surface area contributed by atoms with Crippen molar-refractivity contribution in [3.8, 4) is 5.75 Å².